The Morgan fingerprint density at radius 2 is 1.44 bits per heavy atom. The van der Waals surface area contributed by atoms with Crippen LogP contribution in [0.5, 0.6) is 0 Å². The van der Waals surface area contributed by atoms with Crippen molar-refractivity contribution in [1.29, 1.82) is 0 Å². The molecule has 1 aliphatic heterocycles. The summed E-state index contributed by atoms with van der Waals surface area (Å²) in [6.07, 6.45) is 0. The number of H-pyrrole nitrogens is 1. The fourth-order valence-electron chi connectivity index (χ4n) is 2.39. The molecule has 18 heavy (non-hydrogen) atoms. The highest BCUT2D eigenvalue weighted by Gasteiger charge is 2.39. The Morgan fingerprint density at radius 3 is 1.89 bits per heavy atom. The van der Waals surface area contributed by atoms with E-state index in [1.54, 1.807) is 0 Å². The van der Waals surface area contributed by atoms with Gasteiger partial charge in [-0.1, -0.05) is 41.5 Å². The van der Waals surface area contributed by atoms with Crippen LogP contribution in [0.2, 0.25) is 0 Å². The standard InChI is InChI=1S/C14H20N2O2/c1-13(2,3)7-8-9(10(17)12(18)16-8)15-11(7)14(4,5)6/h15H,1-6H3,(H,16,17,18). The van der Waals surface area contributed by atoms with Crippen molar-refractivity contribution >= 4 is 17.4 Å². The third-order valence-electron chi connectivity index (χ3n) is 3.17. The molecular formula is C14H20N2O2. The summed E-state index contributed by atoms with van der Waals surface area (Å²) in [4.78, 5) is 26.4. The Kier molecular flexibility index (Phi) is 2.48. The number of carbonyl (C=O) groups is 2. The smallest absolute Gasteiger partial charge is 0.298 e. The molecular weight excluding hydrogens is 228 g/mol. The zero-order valence-corrected chi connectivity index (χ0v) is 11.8. The molecule has 1 amide bonds. The van der Waals surface area contributed by atoms with E-state index in [0.29, 0.717) is 11.4 Å². The first kappa shape index (κ1) is 12.9. The number of aromatic amines is 1. The summed E-state index contributed by atoms with van der Waals surface area (Å²) in [6, 6.07) is 0. The number of ketones is 1. The van der Waals surface area contributed by atoms with Crippen LogP contribution in [0.15, 0.2) is 0 Å². The van der Waals surface area contributed by atoms with E-state index in [1.165, 1.54) is 0 Å². The molecule has 0 bridgehead atoms. The molecule has 98 valence electrons. The van der Waals surface area contributed by atoms with Crippen LogP contribution in [-0.2, 0) is 15.6 Å². The summed E-state index contributed by atoms with van der Waals surface area (Å²) in [5.74, 6) is -1.01. The third kappa shape index (κ3) is 1.76. The molecule has 1 aliphatic rings. The van der Waals surface area contributed by atoms with Crippen molar-refractivity contribution in [2.45, 2.75) is 52.4 Å². The molecule has 4 nitrogen and oxygen atoms in total. The maximum absolute atomic E-state index is 11.8. The Hall–Kier alpha value is -1.58. The second-order valence-electron chi connectivity index (χ2n) is 6.91. The van der Waals surface area contributed by atoms with Crippen LogP contribution < -0.4 is 5.32 Å². The Labute approximate surface area is 107 Å². The SMILES string of the molecule is CC(C)(C)c1[nH]c2c(c1C(C)(C)C)NC(=O)C2=O. The summed E-state index contributed by atoms with van der Waals surface area (Å²) in [5, 5.41) is 2.70. The lowest BCUT2D eigenvalue weighted by Gasteiger charge is -2.27. The number of hydrogen-bond acceptors (Lipinski definition) is 2. The van der Waals surface area contributed by atoms with Gasteiger partial charge in [0.15, 0.2) is 0 Å². The van der Waals surface area contributed by atoms with Gasteiger partial charge in [-0.2, -0.15) is 0 Å². The van der Waals surface area contributed by atoms with Gasteiger partial charge in [0.25, 0.3) is 11.7 Å². The van der Waals surface area contributed by atoms with Gasteiger partial charge in [-0.05, 0) is 5.41 Å². The molecule has 4 heteroatoms. The minimum atomic E-state index is -0.540. The molecule has 0 saturated heterocycles. The first-order valence-electron chi connectivity index (χ1n) is 6.16. The highest BCUT2D eigenvalue weighted by Crippen LogP contribution is 2.42. The fourth-order valence-corrected chi connectivity index (χ4v) is 2.39. The van der Waals surface area contributed by atoms with Crippen LogP contribution in [0.3, 0.4) is 0 Å². The van der Waals surface area contributed by atoms with E-state index < -0.39 is 11.7 Å². The van der Waals surface area contributed by atoms with Gasteiger partial charge in [0.05, 0.1) is 5.69 Å². The molecule has 2 rings (SSSR count). The summed E-state index contributed by atoms with van der Waals surface area (Å²) < 4.78 is 0. The number of fused-ring (bicyclic) bond motifs is 1. The summed E-state index contributed by atoms with van der Waals surface area (Å²) in [7, 11) is 0. The van der Waals surface area contributed by atoms with Gasteiger partial charge in [0.2, 0.25) is 0 Å². The molecule has 0 radical (unpaired) electrons. The Bertz CT molecular complexity index is 539. The van der Waals surface area contributed by atoms with Crippen LogP contribution in [0.1, 0.15) is 63.3 Å². The molecule has 0 spiro atoms. The highest BCUT2D eigenvalue weighted by molar-refractivity contribution is 6.51. The largest absolute Gasteiger partial charge is 0.353 e. The van der Waals surface area contributed by atoms with Crippen LogP contribution >= 0.6 is 0 Å². The second kappa shape index (κ2) is 3.46. The van der Waals surface area contributed by atoms with Gasteiger partial charge in [-0.15, -0.1) is 0 Å². The van der Waals surface area contributed by atoms with E-state index in [0.717, 1.165) is 11.3 Å². The lowest BCUT2D eigenvalue weighted by Crippen LogP contribution is -2.24. The van der Waals surface area contributed by atoms with E-state index in [-0.39, 0.29) is 10.8 Å². The first-order valence-corrected chi connectivity index (χ1v) is 6.16. The summed E-state index contributed by atoms with van der Waals surface area (Å²) in [6.45, 7) is 12.5. The number of anilines is 1. The Balaban J connectivity index is 2.74. The molecule has 2 heterocycles. The molecule has 2 N–H and O–H groups in total. The maximum Gasteiger partial charge on any atom is 0.298 e. The van der Waals surface area contributed by atoms with Crippen molar-refractivity contribution in [3.05, 3.63) is 17.0 Å². The number of Topliss-reactive ketones (excluding diaryl/α,β-unsaturated/α-hetero) is 1. The lowest BCUT2D eigenvalue weighted by atomic mass is 9.79. The molecule has 1 aromatic heterocycles. The van der Waals surface area contributed by atoms with Crippen molar-refractivity contribution in [1.82, 2.24) is 4.98 Å². The van der Waals surface area contributed by atoms with Gasteiger partial charge in [-0.25, -0.2) is 0 Å². The normalized spacial score (nSPS) is 15.9. The Morgan fingerprint density at radius 1 is 0.889 bits per heavy atom. The predicted octanol–water partition coefficient (Wildman–Crippen LogP) is 2.74. The maximum atomic E-state index is 11.8. The van der Waals surface area contributed by atoms with Crippen LogP contribution in [0, 0.1) is 0 Å². The van der Waals surface area contributed by atoms with Crippen molar-refractivity contribution in [3.63, 3.8) is 0 Å². The van der Waals surface area contributed by atoms with E-state index in [2.05, 4.69) is 51.8 Å². The van der Waals surface area contributed by atoms with Gasteiger partial charge < -0.3 is 10.3 Å². The van der Waals surface area contributed by atoms with Gasteiger partial charge in [0.1, 0.15) is 5.69 Å². The lowest BCUT2D eigenvalue weighted by molar-refractivity contribution is -0.112. The monoisotopic (exact) mass is 248 g/mol. The van der Waals surface area contributed by atoms with Gasteiger partial charge in [0, 0.05) is 16.7 Å². The van der Waals surface area contributed by atoms with E-state index in [9.17, 15) is 9.59 Å². The number of aromatic nitrogens is 1. The van der Waals surface area contributed by atoms with Crippen molar-refractivity contribution in [2.75, 3.05) is 5.32 Å². The molecule has 0 aromatic carbocycles. The number of carbonyl (C=O) groups excluding carboxylic acids is 2. The molecule has 0 atom stereocenters. The minimum absolute atomic E-state index is 0.0992. The number of amides is 1. The minimum Gasteiger partial charge on any atom is -0.353 e. The van der Waals surface area contributed by atoms with Gasteiger partial charge in [-0.3, -0.25) is 9.59 Å². The highest BCUT2D eigenvalue weighted by atomic mass is 16.2. The molecule has 0 unspecified atom stereocenters. The van der Waals surface area contributed by atoms with E-state index in [1.807, 2.05) is 0 Å². The average molecular weight is 248 g/mol. The topological polar surface area (TPSA) is 62.0 Å². The van der Waals surface area contributed by atoms with Crippen molar-refractivity contribution in [2.24, 2.45) is 0 Å². The molecule has 1 aromatic rings. The molecule has 0 saturated carbocycles. The van der Waals surface area contributed by atoms with Crippen LogP contribution in [0.25, 0.3) is 0 Å². The predicted molar refractivity (Wildman–Crippen MR) is 71.2 cm³/mol. The molecule has 0 fully saturated rings. The molecule has 0 aliphatic carbocycles. The third-order valence-corrected chi connectivity index (χ3v) is 3.17. The second-order valence-corrected chi connectivity index (χ2v) is 6.91. The van der Waals surface area contributed by atoms with Crippen LogP contribution in [-0.4, -0.2) is 16.7 Å². The first-order chi connectivity index (χ1) is 8.03. The van der Waals surface area contributed by atoms with E-state index in [4.69, 9.17) is 0 Å². The van der Waals surface area contributed by atoms with Crippen molar-refractivity contribution < 1.29 is 9.59 Å². The number of hydrogen-bond donors (Lipinski definition) is 2. The van der Waals surface area contributed by atoms with Gasteiger partial charge >= 0.3 is 0 Å². The van der Waals surface area contributed by atoms with Crippen LogP contribution in [0.4, 0.5) is 5.69 Å². The van der Waals surface area contributed by atoms with Crippen molar-refractivity contribution in [3.8, 4) is 0 Å². The zero-order valence-electron chi connectivity index (χ0n) is 11.8. The van der Waals surface area contributed by atoms with E-state index >= 15 is 0 Å². The zero-order chi connectivity index (χ0) is 13.9. The quantitative estimate of drug-likeness (QED) is 0.693. The summed E-state index contributed by atoms with van der Waals surface area (Å²) >= 11 is 0. The number of rotatable bonds is 0. The number of nitrogens with one attached hydrogen (secondary N) is 2. The average Bonchev–Trinajstić information content (AvgIpc) is 2.64. The fraction of sp³-hybridized carbons (Fsp3) is 0.571. The summed E-state index contributed by atoms with van der Waals surface area (Å²) in [5.41, 5.74) is 2.90.